The molecular weight excluding hydrogens is 234 g/mol. The maximum Gasteiger partial charge on any atom is 0.187 e. The van der Waals surface area contributed by atoms with Gasteiger partial charge >= 0.3 is 0 Å². The van der Waals surface area contributed by atoms with Gasteiger partial charge in [-0.2, -0.15) is 0 Å². The fourth-order valence-corrected chi connectivity index (χ4v) is 2.56. The summed E-state index contributed by atoms with van der Waals surface area (Å²) in [7, 11) is 0. The van der Waals surface area contributed by atoms with Gasteiger partial charge in [0, 0.05) is 30.5 Å². The zero-order valence-corrected chi connectivity index (χ0v) is 11.0. The number of rotatable bonds is 4. The molecule has 1 aromatic heterocycles. The molecule has 0 spiro atoms. The highest BCUT2D eigenvalue weighted by atomic mass is 32.2. The maximum atomic E-state index is 9.35. The normalized spacial score (nSPS) is 21.6. The van der Waals surface area contributed by atoms with Gasteiger partial charge in [-0.15, -0.1) is 0 Å². The first-order valence-corrected chi connectivity index (χ1v) is 7.26. The van der Waals surface area contributed by atoms with E-state index in [4.69, 9.17) is 0 Å². The summed E-state index contributed by atoms with van der Waals surface area (Å²) in [4.78, 5) is 10.9. The van der Waals surface area contributed by atoms with Crippen molar-refractivity contribution in [1.29, 1.82) is 0 Å². The third-order valence-electron chi connectivity index (χ3n) is 3.21. The van der Waals surface area contributed by atoms with Crippen LogP contribution in [0, 0.1) is 0 Å². The van der Waals surface area contributed by atoms with Crippen LogP contribution < -0.4 is 0 Å². The Kier molecular flexibility index (Phi) is 4.76. The molecule has 1 aliphatic rings. The molecule has 1 saturated heterocycles. The van der Waals surface area contributed by atoms with Gasteiger partial charge in [0.05, 0.1) is 6.61 Å². The molecule has 1 aliphatic heterocycles. The van der Waals surface area contributed by atoms with Gasteiger partial charge in [-0.05, 0) is 25.6 Å². The van der Waals surface area contributed by atoms with Gasteiger partial charge in [0.1, 0.15) is 0 Å². The van der Waals surface area contributed by atoms with E-state index in [1.165, 1.54) is 12.8 Å². The van der Waals surface area contributed by atoms with Gasteiger partial charge in [0.25, 0.3) is 0 Å². The lowest BCUT2D eigenvalue weighted by Gasteiger charge is -2.34. The molecule has 0 amide bonds. The van der Waals surface area contributed by atoms with E-state index < -0.39 is 0 Å². The molecule has 0 aromatic carbocycles. The molecule has 1 unspecified atom stereocenters. The molecule has 0 bridgehead atoms. The van der Waals surface area contributed by atoms with Crippen LogP contribution in [-0.2, 0) is 6.54 Å². The second-order valence-corrected chi connectivity index (χ2v) is 5.15. The Hall–Kier alpha value is -0.650. The number of aliphatic hydroxyl groups is 1. The van der Waals surface area contributed by atoms with E-state index in [0.717, 1.165) is 30.2 Å². The maximum absolute atomic E-state index is 9.35. The minimum atomic E-state index is 0.254. The number of likely N-dealkylation sites (tertiary alicyclic amines) is 1. The van der Waals surface area contributed by atoms with E-state index in [-0.39, 0.29) is 6.61 Å². The SMILES string of the molecule is CSc1ncc(CN2CCCCC2CO)cn1. The summed E-state index contributed by atoms with van der Waals surface area (Å²) < 4.78 is 0. The van der Waals surface area contributed by atoms with Gasteiger partial charge in [0.15, 0.2) is 5.16 Å². The molecule has 2 heterocycles. The second kappa shape index (κ2) is 6.33. The Morgan fingerprint density at radius 3 is 2.82 bits per heavy atom. The van der Waals surface area contributed by atoms with Gasteiger partial charge in [-0.25, -0.2) is 9.97 Å². The smallest absolute Gasteiger partial charge is 0.187 e. The van der Waals surface area contributed by atoms with Crippen LogP contribution >= 0.6 is 11.8 Å². The summed E-state index contributed by atoms with van der Waals surface area (Å²) in [6.45, 7) is 2.17. The summed E-state index contributed by atoms with van der Waals surface area (Å²) >= 11 is 1.55. The highest BCUT2D eigenvalue weighted by molar-refractivity contribution is 7.98. The Labute approximate surface area is 106 Å². The predicted octanol–water partition coefficient (Wildman–Crippen LogP) is 1.55. The largest absolute Gasteiger partial charge is 0.395 e. The highest BCUT2D eigenvalue weighted by Gasteiger charge is 2.21. The first-order chi connectivity index (χ1) is 8.33. The molecule has 0 saturated carbocycles. The highest BCUT2D eigenvalue weighted by Crippen LogP contribution is 2.19. The lowest BCUT2D eigenvalue weighted by molar-refractivity contribution is 0.0839. The van der Waals surface area contributed by atoms with E-state index in [2.05, 4.69) is 14.9 Å². The lowest BCUT2D eigenvalue weighted by atomic mass is 10.0. The molecule has 5 heteroatoms. The number of nitrogens with zero attached hydrogens (tertiary/aromatic N) is 3. The third-order valence-corrected chi connectivity index (χ3v) is 3.79. The minimum Gasteiger partial charge on any atom is -0.395 e. The first-order valence-electron chi connectivity index (χ1n) is 6.03. The van der Waals surface area contributed by atoms with E-state index in [9.17, 15) is 5.11 Å². The van der Waals surface area contributed by atoms with E-state index in [0.29, 0.717) is 6.04 Å². The van der Waals surface area contributed by atoms with Gasteiger partial charge in [-0.3, -0.25) is 4.90 Å². The minimum absolute atomic E-state index is 0.254. The molecule has 1 fully saturated rings. The molecule has 94 valence electrons. The van der Waals surface area contributed by atoms with E-state index in [1.54, 1.807) is 11.8 Å². The molecule has 17 heavy (non-hydrogen) atoms. The van der Waals surface area contributed by atoms with Crippen LogP contribution in [-0.4, -0.2) is 45.4 Å². The zero-order chi connectivity index (χ0) is 12.1. The van der Waals surface area contributed by atoms with Crippen molar-refractivity contribution in [2.75, 3.05) is 19.4 Å². The van der Waals surface area contributed by atoms with E-state index >= 15 is 0 Å². The Morgan fingerprint density at radius 1 is 1.41 bits per heavy atom. The first kappa shape index (κ1) is 12.8. The summed E-state index contributed by atoms with van der Waals surface area (Å²) in [6.07, 6.45) is 9.30. The Morgan fingerprint density at radius 2 is 2.18 bits per heavy atom. The standard InChI is InChI=1S/C12H19N3OS/c1-17-12-13-6-10(7-14-12)8-15-5-3-2-4-11(15)9-16/h6-7,11,16H,2-5,8-9H2,1H3. The average Bonchev–Trinajstić information content (AvgIpc) is 2.40. The Balaban J connectivity index is 1.98. The van der Waals surface area contributed by atoms with Crippen molar-refractivity contribution < 1.29 is 5.11 Å². The van der Waals surface area contributed by atoms with Crippen molar-refractivity contribution in [3.63, 3.8) is 0 Å². The number of hydrogen-bond acceptors (Lipinski definition) is 5. The van der Waals surface area contributed by atoms with E-state index in [1.807, 2.05) is 18.6 Å². The molecule has 0 radical (unpaired) electrons. The number of aliphatic hydroxyl groups excluding tert-OH is 1. The topological polar surface area (TPSA) is 49.2 Å². The monoisotopic (exact) mass is 253 g/mol. The third kappa shape index (κ3) is 3.40. The number of hydrogen-bond donors (Lipinski definition) is 1. The summed E-state index contributed by atoms with van der Waals surface area (Å²) in [5.74, 6) is 0. The van der Waals surface area contributed by atoms with Crippen molar-refractivity contribution in [3.05, 3.63) is 18.0 Å². The van der Waals surface area contributed by atoms with Crippen LogP contribution in [0.4, 0.5) is 0 Å². The molecule has 1 aromatic rings. The van der Waals surface area contributed by atoms with Crippen LogP contribution in [0.15, 0.2) is 17.6 Å². The van der Waals surface area contributed by atoms with Gasteiger partial charge < -0.3 is 5.11 Å². The lowest BCUT2D eigenvalue weighted by Crippen LogP contribution is -2.41. The Bertz CT molecular complexity index is 344. The molecular formula is C12H19N3OS. The molecule has 0 aliphatic carbocycles. The van der Waals surface area contributed by atoms with Crippen LogP contribution in [0.3, 0.4) is 0 Å². The fourth-order valence-electron chi connectivity index (χ4n) is 2.24. The van der Waals surface area contributed by atoms with Gasteiger partial charge in [0.2, 0.25) is 0 Å². The molecule has 1 N–H and O–H groups in total. The number of aromatic nitrogens is 2. The van der Waals surface area contributed by atoms with Crippen molar-refractivity contribution in [2.45, 2.75) is 37.0 Å². The number of thioether (sulfide) groups is 1. The van der Waals surface area contributed by atoms with Crippen molar-refractivity contribution in [3.8, 4) is 0 Å². The van der Waals surface area contributed by atoms with Crippen LogP contribution in [0.25, 0.3) is 0 Å². The predicted molar refractivity (Wildman–Crippen MR) is 68.9 cm³/mol. The van der Waals surface area contributed by atoms with Crippen LogP contribution in [0.5, 0.6) is 0 Å². The molecule has 2 rings (SSSR count). The summed E-state index contributed by atoms with van der Waals surface area (Å²) in [5.41, 5.74) is 1.13. The molecule has 1 atom stereocenters. The van der Waals surface area contributed by atoms with Crippen molar-refractivity contribution in [2.24, 2.45) is 0 Å². The van der Waals surface area contributed by atoms with Crippen LogP contribution in [0.1, 0.15) is 24.8 Å². The average molecular weight is 253 g/mol. The fraction of sp³-hybridized carbons (Fsp3) is 0.667. The van der Waals surface area contributed by atoms with Gasteiger partial charge in [-0.1, -0.05) is 18.2 Å². The molecule has 4 nitrogen and oxygen atoms in total. The summed E-state index contributed by atoms with van der Waals surface area (Å²) in [6, 6.07) is 0.309. The second-order valence-electron chi connectivity index (χ2n) is 4.38. The van der Waals surface area contributed by atoms with Crippen molar-refractivity contribution in [1.82, 2.24) is 14.9 Å². The zero-order valence-electron chi connectivity index (χ0n) is 10.2. The summed E-state index contributed by atoms with van der Waals surface area (Å²) in [5, 5.41) is 10.2. The van der Waals surface area contributed by atoms with Crippen LogP contribution in [0.2, 0.25) is 0 Å². The quantitative estimate of drug-likeness (QED) is 0.651. The number of piperidine rings is 1. The van der Waals surface area contributed by atoms with Crippen molar-refractivity contribution >= 4 is 11.8 Å².